The van der Waals surface area contributed by atoms with Gasteiger partial charge in [0.2, 0.25) is 10.9 Å². The molecule has 190 valence electrons. The van der Waals surface area contributed by atoms with Gasteiger partial charge in [0, 0.05) is 5.56 Å². The van der Waals surface area contributed by atoms with E-state index in [0.717, 1.165) is 21.8 Å². The minimum atomic E-state index is -1.08. The van der Waals surface area contributed by atoms with Gasteiger partial charge in [-0.2, -0.15) is 0 Å². The highest BCUT2D eigenvalue weighted by Gasteiger charge is 2.39. The van der Waals surface area contributed by atoms with Gasteiger partial charge < -0.3 is 9.47 Å². The van der Waals surface area contributed by atoms with Gasteiger partial charge in [0.15, 0.2) is 6.10 Å². The summed E-state index contributed by atoms with van der Waals surface area (Å²) >= 11 is 1.11. The Balaban J connectivity index is 1.23. The fourth-order valence-electron chi connectivity index (χ4n) is 3.89. The zero-order chi connectivity index (χ0) is 26.8. The highest BCUT2D eigenvalue weighted by molar-refractivity contribution is 7.15. The van der Waals surface area contributed by atoms with Gasteiger partial charge in [-0.1, -0.05) is 41.7 Å². The summed E-state index contributed by atoms with van der Waals surface area (Å²) in [5.74, 6) is -1.72. The molecule has 1 aromatic heterocycles. The van der Waals surface area contributed by atoms with Crippen LogP contribution in [-0.4, -0.2) is 39.9 Å². The number of amides is 2. The zero-order valence-electron chi connectivity index (χ0n) is 20.4. The lowest BCUT2D eigenvalue weighted by molar-refractivity contribution is 0.0318. The van der Waals surface area contributed by atoms with Crippen molar-refractivity contribution in [3.05, 3.63) is 106 Å². The summed E-state index contributed by atoms with van der Waals surface area (Å²) in [5.41, 5.74) is 1.63. The molecule has 3 aromatic carbocycles. The van der Waals surface area contributed by atoms with Crippen LogP contribution >= 0.6 is 11.3 Å². The van der Waals surface area contributed by atoms with E-state index < -0.39 is 29.7 Å². The molecule has 0 aliphatic carbocycles. The predicted molar refractivity (Wildman–Crippen MR) is 139 cm³/mol. The van der Waals surface area contributed by atoms with E-state index in [0.29, 0.717) is 22.9 Å². The summed E-state index contributed by atoms with van der Waals surface area (Å²) in [6.45, 7) is 3.58. The maximum atomic E-state index is 12.9. The minimum absolute atomic E-state index is 0.0458. The summed E-state index contributed by atoms with van der Waals surface area (Å²) in [5, 5.41) is 8.49. The molecule has 0 saturated heterocycles. The van der Waals surface area contributed by atoms with Crippen LogP contribution in [0, 0.1) is 6.92 Å². The fourth-order valence-corrected chi connectivity index (χ4v) is 4.58. The molecule has 2 amide bonds. The number of aromatic nitrogens is 2. The van der Waals surface area contributed by atoms with Gasteiger partial charge in [-0.25, -0.2) is 9.69 Å². The molecule has 1 aliphatic heterocycles. The predicted octanol–water partition coefficient (Wildman–Crippen LogP) is 4.65. The lowest BCUT2D eigenvalue weighted by Gasteiger charge is -2.13. The third-order valence-corrected chi connectivity index (χ3v) is 6.69. The van der Waals surface area contributed by atoms with E-state index >= 15 is 0 Å². The Morgan fingerprint density at radius 1 is 0.895 bits per heavy atom. The first kappa shape index (κ1) is 25.0. The number of hydrogen-bond donors (Lipinski definition) is 0. The number of ketones is 1. The molecular weight excluding hydrogens is 506 g/mol. The number of imide groups is 1. The van der Waals surface area contributed by atoms with E-state index in [-0.39, 0.29) is 21.8 Å². The number of hydrogen-bond acceptors (Lipinski definition) is 9. The lowest BCUT2D eigenvalue weighted by Crippen LogP contribution is -2.29. The van der Waals surface area contributed by atoms with E-state index in [1.165, 1.54) is 25.1 Å². The van der Waals surface area contributed by atoms with Crippen LogP contribution < -0.4 is 9.64 Å². The SMILES string of the molecule is Cc1nnc(N2C(=O)c3ccc(C(=O)O[C@H](C)C(=O)c4ccc(OCc5ccccc5)cc4)cc3C2=O)s1. The van der Waals surface area contributed by atoms with Crippen LogP contribution in [0.1, 0.15) is 58.9 Å². The normalized spacial score (nSPS) is 13.3. The third-order valence-electron chi connectivity index (χ3n) is 5.87. The molecule has 9 nitrogen and oxygen atoms in total. The second-order valence-corrected chi connectivity index (χ2v) is 9.68. The van der Waals surface area contributed by atoms with Crippen LogP contribution in [0.2, 0.25) is 0 Å². The molecular formula is C28H21N3O6S. The molecule has 0 unspecified atom stereocenters. The Hall–Kier alpha value is -4.70. The van der Waals surface area contributed by atoms with Gasteiger partial charge in [0.1, 0.15) is 17.4 Å². The molecule has 0 fully saturated rings. The van der Waals surface area contributed by atoms with Gasteiger partial charge in [-0.3, -0.25) is 14.4 Å². The Bertz CT molecular complexity index is 1550. The van der Waals surface area contributed by atoms with Crippen molar-refractivity contribution < 1.29 is 28.7 Å². The van der Waals surface area contributed by atoms with Gasteiger partial charge in [-0.05, 0) is 61.9 Å². The van der Waals surface area contributed by atoms with Gasteiger partial charge in [-0.15, -0.1) is 10.2 Å². The van der Waals surface area contributed by atoms with Gasteiger partial charge in [0.25, 0.3) is 11.8 Å². The maximum absolute atomic E-state index is 12.9. The molecule has 0 N–H and O–H groups in total. The van der Waals surface area contributed by atoms with Crippen molar-refractivity contribution in [2.24, 2.45) is 0 Å². The number of aryl methyl sites for hydroxylation is 1. The zero-order valence-corrected chi connectivity index (χ0v) is 21.2. The average molecular weight is 528 g/mol. The molecule has 38 heavy (non-hydrogen) atoms. The number of fused-ring (bicyclic) bond motifs is 1. The molecule has 1 atom stereocenters. The summed E-state index contributed by atoms with van der Waals surface area (Å²) < 4.78 is 11.1. The molecule has 10 heteroatoms. The highest BCUT2D eigenvalue weighted by Crippen LogP contribution is 2.31. The molecule has 1 aliphatic rings. The Morgan fingerprint density at radius 3 is 2.26 bits per heavy atom. The lowest BCUT2D eigenvalue weighted by atomic mass is 10.1. The Labute approximate surface area is 221 Å². The fraction of sp³-hybridized carbons (Fsp3) is 0.143. The van der Waals surface area contributed by atoms with E-state index in [2.05, 4.69) is 10.2 Å². The van der Waals surface area contributed by atoms with Gasteiger partial charge >= 0.3 is 5.97 Å². The van der Waals surface area contributed by atoms with Crippen LogP contribution in [-0.2, 0) is 11.3 Å². The summed E-state index contributed by atoms with van der Waals surface area (Å²) in [6.07, 6.45) is -1.08. The van der Waals surface area contributed by atoms with Crippen molar-refractivity contribution in [3.8, 4) is 5.75 Å². The summed E-state index contributed by atoms with van der Waals surface area (Å²) in [4.78, 5) is 52.2. The van der Waals surface area contributed by atoms with Crippen LogP contribution in [0.5, 0.6) is 5.75 Å². The maximum Gasteiger partial charge on any atom is 0.338 e. The molecule has 4 aromatic rings. The van der Waals surface area contributed by atoms with Crippen LogP contribution in [0.15, 0.2) is 72.8 Å². The number of anilines is 1. The number of carbonyl (C=O) groups is 4. The largest absolute Gasteiger partial charge is 0.489 e. The Morgan fingerprint density at radius 2 is 1.58 bits per heavy atom. The number of benzene rings is 3. The minimum Gasteiger partial charge on any atom is -0.489 e. The molecule has 2 heterocycles. The van der Waals surface area contributed by atoms with Crippen molar-refractivity contribution in [2.75, 3.05) is 4.90 Å². The van der Waals surface area contributed by atoms with Crippen molar-refractivity contribution in [1.29, 1.82) is 0 Å². The first-order valence-electron chi connectivity index (χ1n) is 11.7. The van der Waals surface area contributed by atoms with E-state index in [4.69, 9.17) is 9.47 Å². The smallest absolute Gasteiger partial charge is 0.338 e. The first-order valence-corrected chi connectivity index (χ1v) is 12.5. The van der Waals surface area contributed by atoms with Crippen molar-refractivity contribution in [3.63, 3.8) is 0 Å². The van der Waals surface area contributed by atoms with Crippen LogP contribution in [0.25, 0.3) is 0 Å². The summed E-state index contributed by atoms with van der Waals surface area (Å²) in [6, 6.07) is 20.3. The third kappa shape index (κ3) is 4.94. The monoisotopic (exact) mass is 527 g/mol. The standard InChI is InChI=1S/C28H21N3O6S/c1-16(24(32)19-8-11-21(12-9-19)36-15-18-6-4-3-5-7-18)37-27(35)20-10-13-22-23(14-20)26(34)31(25(22)33)28-30-29-17(2)38-28/h3-14,16H,15H2,1-2H3/t16-/m1/s1. The second-order valence-electron chi connectivity index (χ2n) is 8.52. The molecule has 0 spiro atoms. The summed E-state index contributed by atoms with van der Waals surface area (Å²) in [7, 11) is 0. The first-order chi connectivity index (χ1) is 18.3. The number of nitrogens with zero attached hydrogens (tertiary/aromatic N) is 3. The second kappa shape index (κ2) is 10.3. The molecule has 5 rings (SSSR count). The van der Waals surface area contributed by atoms with Crippen molar-refractivity contribution >= 4 is 40.0 Å². The topological polar surface area (TPSA) is 116 Å². The number of carbonyl (C=O) groups excluding carboxylic acids is 4. The number of rotatable bonds is 8. The molecule has 0 bridgehead atoms. The van der Waals surface area contributed by atoms with E-state index in [1.807, 2.05) is 30.3 Å². The van der Waals surface area contributed by atoms with Gasteiger partial charge in [0.05, 0.1) is 16.7 Å². The number of esters is 1. The number of ether oxygens (including phenoxy) is 2. The van der Waals surface area contributed by atoms with Crippen molar-refractivity contribution in [2.45, 2.75) is 26.6 Å². The Kier molecular flexibility index (Phi) is 6.80. The highest BCUT2D eigenvalue weighted by atomic mass is 32.1. The van der Waals surface area contributed by atoms with Crippen LogP contribution in [0.4, 0.5) is 5.13 Å². The number of Topliss-reactive ketones (excluding diaryl/α,β-unsaturated/α-hetero) is 1. The molecule has 0 saturated carbocycles. The average Bonchev–Trinajstić information content (AvgIpc) is 3.47. The quantitative estimate of drug-likeness (QED) is 0.185. The van der Waals surface area contributed by atoms with Crippen LogP contribution in [0.3, 0.4) is 0 Å². The molecule has 0 radical (unpaired) electrons. The van der Waals surface area contributed by atoms with Crippen molar-refractivity contribution in [1.82, 2.24) is 10.2 Å². The van der Waals surface area contributed by atoms with E-state index in [1.54, 1.807) is 31.2 Å². The van der Waals surface area contributed by atoms with E-state index in [9.17, 15) is 19.2 Å².